The summed E-state index contributed by atoms with van der Waals surface area (Å²) in [6.45, 7) is 7.47. The van der Waals surface area contributed by atoms with Crippen LogP contribution in [0.2, 0.25) is 0 Å². The first-order valence-electron chi connectivity index (χ1n) is 8.20. The van der Waals surface area contributed by atoms with Crippen LogP contribution in [0, 0.1) is 17.3 Å². The molecule has 1 aliphatic heterocycles. The molecule has 6 heteroatoms. The number of hydrogen-bond acceptors (Lipinski definition) is 6. The van der Waals surface area contributed by atoms with E-state index in [4.69, 9.17) is 14.4 Å². The molecule has 1 N–H and O–H groups in total. The highest BCUT2D eigenvalue weighted by atomic mass is 17.1. The smallest absolute Gasteiger partial charge is 0.309 e. The lowest BCUT2D eigenvalue weighted by Crippen LogP contribution is -2.62. The average molecular weight is 324 g/mol. The van der Waals surface area contributed by atoms with E-state index in [0.29, 0.717) is 12.8 Å². The summed E-state index contributed by atoms with van der Waals surface area (Å²) in [5, 5.41) is 9.82. The zero-order valence-electron chi connectivity index (χ0n) is 13.7. The van der Waals surface area contributed by atoms with Crippen LogP contribution >= 0.6 is 0 Å². The number of ether oxygens (including phenoxy) is 2. The minimum atomic E-state index is -0.982. The van der Waals surface area contributed by atoms with Crippen LogP contribution in [0.1, 0.15) is 46.0 Å². The molecule has 0 aromatic carbocycles. The second-order valence-electron chi connectivity index (χ2n) is 7.27. The minimum absolute atomic E-state index is 0.0186. The fourth-order valence-corrected chi connectivity index (χ4v) is 4.79. The Hall–Kier alpha value is -1.40. The lowest BCUT2D eigenvalue weighted by molar-refractivity contribution is -0.365. The minimum Gasteiger partial charge on any atom is -0.465 e. The van der Waals surface area contributed by atoms with Gasteiger partial charge in [-0.1, -0.05) is 13.5 Å². The van der Waals surface area contributed by atoms with Gasteiger partial charge in [0.15, 0.2) is 0 Å². The largest absolute Gasteiger partial charge is 0.465 e. The fraction of sp³-hybridized carbons (Fsp3) is 0.765. The molecule has 3 aliphatic rings. The first-order valence-corrected chi connectivity index (χ1v) is 8.20. The van der Waals surface area contributed by atoms with Gasteiger partial charge in [0.1, 0.15) is 18.3 Å². The number of hydrogen-bond donors (Lipinski definition) is 1. The van der Waals surface area contributed by atoms with Crippen molar-refractivity contribution in [2.24, 2.45) is 17.3 Å². The van der Waals surface area contributed by atoms with Gasteiger partial charge in [-0.3, -0.25) is 14.8 Å². The summed E-state index contributed by atoms with van der Waals surface area (Å²) in [6.07, 6.45) is 3.12. The van der Waals surface area contributed by atoms with Crippen LogP contribution in [0.4, 0.5) is 0 Å². The molecule has 1 saturated heterocycles. The Kier molecular flexibility index (Phi) is 4.01. The van der Waals surface area contributed by atoms with Crippen LogP contribution in [0.3, 0.4) is 0 Å². The second kappa shape index (κ2) is 5.60. The van der Waals surface area contributed by atoms with Gasteiger partial charge in [-0.05, 0) is 37.7 Å². The molecule has 0 bridgehead atoms. The Morgan fingerprint density at radius 2 is 2.22 bits per heavy atom. The van der Waals surface area contributed by atoms with Crippen LogP contribution in [0.25, 0.3) is 0 Å². The molecule has 0 aromatic heterocycles. The van der Waals surface area contributed by atoms with Crippen molar-refractivity contribution in [3.8, 4) is 0 Å². The molecule has 5 atom stereocenters. The maximum atomic E-state index is 12.0. The molecule has 23 heavy (non-hydrogen) atoms. The molecule has 3 rings (SSSR count). The van der Waals surface area contributed by atoms with E-state index in [1.54, 1.807) is 0 Å². The maximum absolute atomic E-state index is 12.0. The van der Waals surface area contributed by atoms with Gasteiger partial charge in [0.2, 0.25) is 0 Å². The van der Waals surface area contributed by atoms with Crippen molar-refractivity contribution in [2.75, 3.05) is 6.61 Å². The van der Waals surface area contributed by atoms with Crippen molar-refractivity contribution in [3.05, 3.63) is 12.2 Å². The highest BCUT2D eigenvalue weighted by Gasteiger charge is 2.65. The highest BCUT2D eigenvalue weighted by molar-refractivity contribution is 5.75. The zero-order valence-corrected chi connectivity index (χ0v) is 13.7. The predicted molar refractivity (Wildman–Crippen MR) is 80.3 cm³/mol. The molecule has 0 aromatic rings. The summed E-state index contributed by atoms with van der Waals surface area (Å²) >= 11 is 0. The van der Waals surface area contributed by atoms with Crippen molar-refractivity contribution in [2.45, 2.75) is 57.7 Å². The molecule has 0 amide bonds. The fourth-order valence-electron chi connectivity index (χ4n) is 4.79. The molecule has 2 aliphatic carbocycles. The Morgan fingerprint density at radius 3 is 2.87 bits per heavy atom. The first-order chi connectivity index (χ1) is 10.8. The van der Waals surface area contributed by atoms with E-state index in [1.165, 1.54) is 6.92 Å². The van der Waals surface area contributed by atoms with E-state index in [2.05, 4.69) is 6.58 Å². The van der Waals surface area contributed by atoms with Gasteiger partial charge < -0.3 is 9.47 Å². The molecule has 128 valence electrons. The van der Waals surface area contributed by atoms with Crippen molar-refractivity contribution in [3.63, 3.8) is 0 Å². The van der Waals surface area contributed by atoms with Crippen molar-refractivity contribution >= 4 is 11.9 Å². The Labute approximate surface area is 135 Å². The quantitative estimate of drug-likeness (QED) is 0.372. The van der Waals surface area contributed by atoms with Crippen LogP contribution in [0.15, 0.2) is 12.2 Å². The van der Waals surface area contributed by atoms with Crippen molar-refractivity contribution < 1.29 is 29.2 Å². The van der Waals surface area contributed by atoms with Gasteiger partial charge in [0.25, 0.3) is 0 Å². The summed E-state index contributed by atoms with van der Waals surface area (Å²) in [5.74, 6) is -0.829. The number of rotatable bonds is 3. The highest BCUT2D eigenvalue weighted by Crippen LogP contribution is 2.60. The average Bonchev–Trinajstić information content (AvgIpc) is 2.78. The van der Waals surface area contributed by atoms with Gasteiger partial charge in [-0.15, -0.1) is 0 Å². The Balaban J connectivity index is 2.00. The molecular weight excluding hydrogens is 300 g/mol. The second-order valence-corrected chi connectivity index (χ2v) is 7.27. The number of esters is 2. The first kappa shape index (κ1) is 16.5. The SMILES string of the molecule is C=C1CCC[C@]2(COC(C)=O)C[C@H]3OC(=O)[C@@H](C)[C@H]3C[C@@]12OO. The molecule has 1 heterocycles. The van der Waals surface area contributed by atoms with Crippen LogP contribution < -0.4 is 0 Å². The van der Waals surface area contributed by atoms with E-state index in [1.807, 2.05) is 6.92 Å². The summed E-state index contributed by atoms with van der Waals surface area (Å²) in [4.78, 5) is 28.4. The maximum Gasteiger partial charge on any atom is 0.309 e. The van der Waals surface area contributed by atoms with E-state index < -0.39 is 11.0 Å². The molecular formula is C17H24O6. The third kappa shape index (κ3) is 2.31. The molecule has 0 radical (unpaired) electrons. The Morgan fingerprint density at radius 1 is 1.48 bits per heavy atom. The normalized spacial score (nSPS) is 42.7. The van der Waals surface area contributed by atoms with Gasteiger partial charge in [-0.2, -0.15) is 0 Å². The van der Waals surface area contributed by atoms with Crippen LogP contribution in [-0.2, 0) is 24.0 Å². The summed E-state index contributed by atoms with van der Waals surface area (Å²) in [5.41, 5.74) is -0.776. The van der Waals surface area contributed by atoms with Crippen molar-refractivity contribution in [1.82, 2.24) is 0 Å². The standard InChI is InChI=1S/C17H24O6/c1-10-5-4-6-16(9-21-12(3)18)8-14-13(7-17(10,16)23-20)11(2)15(19)22-14/h11,13-14,20H,1,4-9H2,2-3H3/t11-,13+,14+,16+,17+/m0/s1. The monoisotopic (exact) mass is 324 g/mol. The molecule has 0 spiro atoms. The van der Waals surface area contributed by atoms with E-state index in [-0.39, 0.29) is 36.5 Å². The Bertz CT molecular complexity index is 543. The lowest BCUT2D eigenvalue weighted by Gasteiger charge is -2.57. The van der Waals surface area contributed by atoms with Gasteiger partial charge in [0, 0.05) is 18.3 Å². The predicted octanol–water partition coefficient (Wildman–Crippen LogP) is 2.48. The molecule has 3 fully saturated rings. The number of carbonyl (C=O) groups is 2. The van der Waals surface area contributed by atoms with Crippen LogP contribution in [-0.4, -0.2) is 35.5 Å². The number of carbonyl (C=O) groups excluding carboxylic acids is 2. The lowest BCUT2D eigenvalue weighted by atomic mass is 9.52. The van der Waals surface area contributed by atoms with E-state index in [9.17, 15) is 14.8 Å². The third-order valence-corrected chi connectivity index (χ3v) is 6.14. The molecule has 2 saturated carbocycles. The van der Waals surface area contributed by atoms with Gasteiger partial charge in [-0.25, -0.2) is 4.89 Å². The summed E-state index contributed by atoms with van der Waals surface area (Å²) in [7, 11) is 0. The zero-order chi connectivity index (χ0) is 16.8. The molecule has 6 nitrogen and oxygen atoms in total. The summed E-state index contributed by atoms with van der Waals surface area (Å²) < 4.78 is 10.8. The van der Waals surface area contributed by atoms with Gasteiger partial charge in [0.05, 0.1) is 5.92 Å². The molecule has 0 unspecified atom stereocenters. The number of fused-ring (bicyclic) bond motifs is 2. The van der Waals surface area contributed by atoms with E-state index in [0.717, 1.165) is 24.8 Å². The van der Waals surface area contributed by atoms with Crippen molar-refractivity contribution in [1.29, 1.82) is 0 Å². The van der Waals surface area contributed by atoms with Crippen LogP contribution in [0.5, 0.6) is 0 Å². The topological polar surface area (TPSA) is 82.1 Å². The van der Waals surface area contributed by atoms with E-state index >= 15 is 0 Å². The van der Waals surface area contributed by atoms with Gasteiger partial charge >= 0.3 is 11.9 Å². The summed E-state index contributed by atoms with van der Waals surface area (Å²) in [6, 6.07) is 0. The third-order valence-electron chi connectivity index (χ3n) is 6.14.